The number of aryl methyl sites for hydroxylation is 1. The van der Waals surface area contributed by atoms with Crippen molar-refractivity contribution in [3.63, 3.8) is 0 Å². The molecule has 1 fully saturated rings. The average Bonchev–Trinajstić information content (AvgIpc) is 3.13. The molecule has 3 rings (SSSR count). The first-order chi connectivity index (χ1) is 13.9. The van der Waals surface area contributed by atoms with Gasteiger partial charge in [-0.2, -0.15) is 0 Å². The number of aromatic amines is 1. The minimum atomic E-state index is -3.09. The standard InChI is InChI=1S/C21H33N5O2S.HI/c1-4-22-21(25-18-10-13-26(14-11-18)29(27,28)5-2)23-12-9-17-15-24-20-16(3)7-6-8-19(17)20;/h6-8,15,18,24H,4-5,9-14H2,1-3H3,(H2,22,23,25);1H. The molecule has 0 unspecified atom stereocenters. The van der Waals surface area contributed by atoms with Crippen LogP contribution >= 0.6 is 24.0 Å². The van der Waals surface area contributed by atoms with Crippen molar-refractivity contribution in [3.8, 4) is 0 Å². The molecule has 1 saturated heterocycles. The Morgan fingerprint density at radius 1 is 1.27 bits per heavy atom. The number of H-pyrrole nitrogens is 1. The third-order valence-corrected chi connectivity index (χ3v) is 7.44. The fourth-order valence-corrected chi connectivity index (χ4v) is 4.97. The molecule has 1 aromatic heterocycles. The fraction of sp³-hybridized carbons (Fsp3) is 0.571. The Morgan fingerprint density at radius 2 is 2.00 bits per heavy atom. The maximum atomic E-state index is 12.0. The van der Waals surface area contributed by atoms with Crippen molar-refractivity contribution in [2.75, 3.05) is 31.9 Å². The lowest BCUT2D eigenvalue weighted by Crippen LogP contribution is -2.50. The van der Waals surface area contributed by atoms with Gasteiger partial charge in [-0.25, -0.2) is 12.7 Å². The molecule has 1 aromatic carbocycles. The van der Waals surface area contributed by atoms with Crippen molar-refractivity contribution >= 4 is 50.9 Å². The van der Waals surface area contributed by atoms with Crippen molar-refractivity contribution in [2.24, 2.45) is 4.99 Å². The van der Waals surface area contributed by atoms with E-state index in [9.17, 15) is 8.42 Å². The van der Waals surface area contributed by atoms with Crippen LogP contribution in [0.25, 0.3) is 10.9 Å². The maximum absolute atomic E-state index is 12.0. The first-order valence-corrected chi connectivity index (χ1v) is 12.1. The second-order valence-electron chi connectivity index (χ2n) is 7.54. The van der Waals surface area contributed by atoms with Gasteiger partial charge in [0.05, 0.1) is 5.75 Å². The van der Waals surface area contributed by atoms with Gasteiger partial charge in [0.2, 0.25) is 10.0 Å². The van der Waals surface area contributed by atoms with Crippen LogP contribution in [0.4, 0.5) is 0 Å². The quantitative estimate of drug-likeness (QED) is 0.283. The van der Waals surface area contributed by atoms with Crippen LogP contribution in [0.2, 0.25) is 0 Å². The van der Waals surface area contributed by atoms with Crippen LogP contribution in [0, 0.1) is 6.92 Å². The lowest BCUT2D eigenvalue weighted by molar-refractivity contribution is 0.306. The molecule has 0 aliphatic carbocycles. The topological polar surface area (TPSA) is 89.6 Å². The highest BCUT2D eigenvalue weighted by Gasteiger charge is 2.26. The van der Waals surface area contributed by atoms with E-state index < -0.39 is 10.0 Å². The van der Waals surface area contributed by atoms with Crippen LogP contribution in [0.1, 0.15) is 37.8 Å². The van der Waals surface area contributed by atoms with Gasteiger partial charge >= 0.3 is 0 Å². The zero-order chi connectivity index (χ0) is 20.9. The Bertz CT molecular complexity index is 949. The lowest BCUT2D eigenvalue weighted by Gasteiger charge is -2.32. The van der Waals surface area contributed by atoms with Crippen molar-refractivity contribution in [1.29, 1.82) is 0 Å². The number of nitrogens with one attached hydrogen (secondary N) is 3. The molecule has 1 aliphatic rings. The molecule has 0 spiro atoms. The van der Waals surface area contributed by atoms with E-state index in [0.29, 0.717) is 19.6 Å². The van der Waals surface area contributed by atoms with Gasteiger partial charge in [0.15, 0.2) is 5.96 Å². The summed E-state index contributed by atoms with van der Waals surface area (Å²) in [6, 6.07) is 6.60. The molecule has 0 bridgehead atoms. The molecule has 30 heavy (non-hydrogen) atoms. The maximum Gasteiger partial charge on any atom is 0.213 e. The number of benzene rings is 1. The normalized spacial score (nSPS) is 16.4. The fourth-order valence-electron chi connectivity index (χ4n) is 3.83. The molecule has 2 heterocycles. The van der Waals surface area contributed by atoms with Crippen LogP contribution in [-0.4, -0.2) is 61.6 Å². The van der Waals surface area contributed by atoms with E-state index in [1.54, 1.807) is 11.2 Å². The monoisotopic (exact) mass is 547 g/mol. The first kappa shape index (κ1) is 24.9. The van der Waals surface area contributed by atoms with E-state index in [1.165, 1.54) is 22.0 Å². The Kier molecular flexibility index (Phi) is 9.42. The van der Waals surface area contributed by atoms with E-state index in [0.717, 1.165) is 31.8 Å². The summed E-state index contributed by atoms with van der Waals surface area (Å²) in [6.45, 7) is 8.50. The highest BCUT2D eigenvalue weighted by Crippen LogP contribution is 2.21. The smallest absolute Gasteiger partial charge is 0.213 e. The number of aliphatic imine (C=N–C) groups is 1. The number of aromatic nitrogens is 1. The third-order valence-electron chi connectivity index (χ3n) is 5.56. The van der Waals surface area contributed by atoms with Crippen molar-refractivity contribution in [2.45, 2.75) is 46.1 Å². The molecule has 0 atom stereocenters. The second-order valence-corrected chi connectivity index (χ2v) is 9.80. The van der Waals surface area contributed by atoms with Crippen LogP contribution in [-0.2, 0) is 16.4 Å². The number of hydrogen-bond donors (Lipinski definition) is 3. The minimum Gasteiger partial charge on any atom is -0.361 e. The summed E-state index contributed by atoms with van der Waals surface area (Å²) in [7, 11) is -3.09. The van der Waals surface area contributed by atoms with Gasteiger partial charge < -0.3 is 15.6 Å². The SMILES string of the molecule is CCNC(=NCCc1c[nH]c2c(C)cccc12)NC1CCN(S(=O)(=O)CC)CC1.I. The minimum absolute atomic E-state index is 0. The first-order valence-electron chi connectivity index (χ1n) is 10.5. The van der Waals surface area contributed by atoms with Crippen molar-refractivity contribution < 1.29 is 8.42 Å². The largest absolute Gasteiger partial charge is 0.361 e. The molecule has 7 nitrogen and oxygen atoms in total. The summed E-state index contributed by atoms with van der Waals surface area (Å²) in [6.07, 6.45) is 4.54. The molecule has 0 amide bonds. The van der Waals surface area contributed by atoms with Gasteiger partial charge in [0.1, 0.15) is 0 Å². The van der Waals surface area contributed by atoms with Crippen LogP contribution in [0.3, 0.4) is 0 Å². The number of fused-ring (bicyclic) bond motifs is 1. The predicted octanol–water partition coefficient (Wildman–Crippen LogP) is 3.01. The Balaban J connectivity index is 0.00000320. The van der Waals surface area contributed by atoms with Gasteiger partial charge in [-0.15, -0.1) is 24.0 Å². The predicted molar refractivity (Wildman–Crippen MR) is 135 cm³/mol. The highest BCUT2D eigenvalue weighted by atomic mass is 127. The molecule has 0 radical (unpaired) electrons. The number of para-hydroxylation sites is 1. The van der Waals surface area contributed by atoms with E-state index in [2.05, 4.69) is 53.9 Å². The number of rotatable bonds is 7. The van der Waals surface area contributed by atoms with Crippen molar-refractivity contribution in [3.05, 3.63) is 35.5 Å². The van der Waals surface area contributed by atoms with Gasteiger partial charge in [0, 0.05) is 49.3 Å². The molecule has 9 heteroatoms. The number of halogens is 1. The zero-order valence-corrected chi connectivity index (χ0v) is 21.2. The third kappa shape index (κ3) is 6.10. The highest BCUT2D eigenvalue weighted by molar-refractivity contribution is 14.0. The van der Waals surface area contributed by atoms with Crippen LogP contribution in [0.15, 0.2) is 29.4 Å². The van der Waals surface area contributed by atoms with Gasteiger partial charge in [0.25, 0.3) is 0 Å². The van der Waals surface area contributed by atoms with E-state index in [4.69, 9.17) is 4.99 Å². The summed E-state index contributed by atoms with van der Waals surface area (Å²) in [5, 5.41) is 8.06. The molecular weight excluding hydrogens is 513 g/mol. The molecule has 2 aromatic rings. The summed E-state index contributed by atoms with van der Waals surface area (Å²) in [5.41, 5.74) is 3.73. The van der Waals surface area contributed by atoms with Crippen LogP contribution < -0.4 is 10.6 Å². The van der Waals surface area contributed by atoms with Gasteiger partial charge in [-0.1, -0.05) is 18.2 Å². The van der Waals surface area contributed by atoms with Gasteiger partial charge in [-0.05, 0) is 51.2 Å². The number of sulfonamides is 1. The lowest BCUT2D eigenvalue weighted by atomic mass is 10.1. The Hall–Kier alpha value is -1.33. The molecular formula is C21H34IN5O2S. The Labute approximate surface area is 197 Å². The molecule has 1 aliphatic heterocycles. The summed E-state index contributed by atoms with van der Waals surface area (Å²) in [5.74, 6) is 0.975. The number of nitrogens with zero attached hydrogens (tertiary/aromatic N) is 2. The van der Waals surface area contributed by atoms with E-state index in [-0.39, 0.29) is 35.8 Å². The van der Waals surface area contributed by atoms with Crippen molar-refractivity contribution in [1.82, 2.24) is 19.9 Å². The van der Waals surface area contributed by atoms with E-state index in [1.807, 2.05) is 0 Å². The second kappa shape index (κ2) is 11.3. The number of hydrogen-bond acceptors (Lipinski definition) is 3. The average molecular weight is 548 g/mol. The van der Waals surface area contributed by atoms with E-state index >= 15 is 0 Å². The summed E-state index contributed by atoms with van der Waals surface area (Å²) >= 11 is 0. The molecule has 0 saturated carbocycles. The molecule has 3 N–H and O–H groups in total. The molecule has 168 valence electrons. The number of guanidine groups is 1. The number of piperidine rings is 1. The zero-order valence-electron chi connectivity index (χ0n) is 18.1. The summed E-state index contributed by atoms with van der Waals surface area (Å²) < 4.78 is 25.6. The van der Waals surface area contributed by atoms with Crippen LogP contribution in [0.5, 0.6) is 0 Å². The Morgan fingerprint density at radius 3 is 2.67 bits per heavy atom. The van der Waals surface area contributed by atoms with Gasteiger partial charge in [-0.3, -0.25) is 4.99 Å². The summed E-state index contributed by atoms with van der Waals surface area (Å²) in [4.78, 5) is 8.12.